The van der Waals surface area contributed by atoms with Gasteiger partial charge in [0.2, 0.25) is 15.9 Å². The zero-order valence-corrected chi connectivity index (χ0v) is 17.7. The van der Waals surface area contributed by atoms with Crippen LogP contribution in [0.15, 0.2) is 18.2 Å². The van der Waals surface area contributed by atoms with Crippen molar-refractivity contribution in [3.8, 4) is 0 Å². The molecule has 1 aromatic carbocycles. The van der Waals surface area contributed by atoms with Crippen LogP contribution in [-0.4, -0.2) is 37.8 Å². The van der Waals surface area contributed by atoms with Crippen LogP contribution in [0.3, 0.4) is 0 Å². The van der Waals surface area contributed by atoms with Crippen molar-refractivity contribution in [1.29, 1.82) is 0 Å². The van der Waals surface area contributed by atoms with Gasteiger partial charge in [0.15, 0.2) is 0 Å². The summed E-state index contributed by atoms with van der Waals surface area (Å²) in [6, 6.07) is 4.84. The molecule has 5 nitrogen and oxygen atoms in total. The number of piperidine rings is 1. The predicted octanol–water partition coefficient (Wildman–Crippen LogP) is 3.70. The second kappa shape index (κ2) is 8.91. The van der Waals surface area contributed by atoms with Crippen LogP contribution in [0.5, 0.6) is 0 Å². The number of hydrogen-bond donors (Lipinski definition) is 1. The van der Waals surface area contributed by atoms with E-state index in [9.17, 15) is 13.2 Å². The maximum absolute atomic E-state index is 12.8. The van der Waals surface area contributed by atoms with Gasteiger partial charge < -0.3 is 5.32 Å². The van der Waals surface area contributed by atoms with Gasteiger partial charge in [-0.1, -0.05) is 43.1 Å². The Hall–Kier alpha value is -0.820. The molecule has 0 aliphatic carbocycles. The first-order chi connectivity index (χ1) is 12.1. The van der Waals surface area contributed by atoms with Crippen LogP contribution in [0.1, 0.15) is 39.2 Å². The minimum Gasteiger partial charge on any atom is -0.353 e. The van der Waals surface area contributed by atoms with E-state index in [2.05, 4.69) is 5.32 Å². The molecule has 1 N–H and O–H groups in total. The van der Waals surface area contributed by atoms with Crippen molar-refractivity contribution in [1.82, 2.24) is 9.62 Å². The third kappa shape index (κ3) is 5.59. The lowest BCUT2D eigenvalue weighted by molar-refractivity contribution is -0.127. The number of carbonyl (C=O) groups is 1. The van der Waals surface area contributed by atoms with E-state index in [0.717, 1.165) is 0 Å². The van der Waals surface area contributed by atoms with E-state index >= 15 is 0 Å². The largest absolute Gasteiger partial charge is 0.353 e. The van der Waals surface area contributed by atoms with E-state index in [1.165, 1.54) is 10.4 Å². The number of nitrogens with zero attached hydrogens (tertiary/aromatic N) is 1. The molecule has 1 aliphatic rings. The Balaban J connectivity index is 2.06. The number of halogens is 2. The molecular weight excluding hydrogens is 395 g/mol. The molecule has 1 amide bonds. The lowest BCUT2D eigenvalue weighted by Gasteiger charge is -2.32. The monoisotopic (exact) mass is 420 g/mol. The van der Waals surface area contributed by atoms with E-state index in [0.29, 0.717) is 40.9 Å². The average Bonchev–Trinajstić information content (AvgIpc) is 2.57. The lowest BCUT2D eigenvalue weighted by Crippen LogP contribution is -2.48. The summed E-state index contributed by atoms with van der Waals surface area (Å²) in [6.07, 6.45) is 1.37. The van der Waals surface area contributed by atoms with Gasteiger partial charge >= 0.3 is 0 Å². The van der Waals surface area contributed by atoms with Crippen LogP contribution in [0.4, 0.5) is 0 Å². The Bertz CT molecular complexity index is 753. The number of amides is 1. The Morgan fingerprint density at radius 3 is 2.62 bits per heavy atom. The van der Waals surface area contributed by atoms with Crippen molar-refractivity contribution in [2.45, 2.75) is 45.4 Å². The normalized spacial score (nSPS) is 20.2. The zero-order chi connectivity index (χ0) is 19.5. The van der Waals surface area contributed by atoms with Gasteiger partial charge in [-0.05, 0) is 43.4 Å². The predicted molar refractivity (Wildman–Crippen MR) is 106 cm³/mol. The molecule has 146 valence electrons. The van der Waals surface area contributed by atoms with Crippen molar-refractivity contribution >= 4 is 39.1 Å². The van der Waals surface area contributed by atoms with Crippen LogP contribution in [0.25, 0.3) is 0 Å². The van der Waals surface area contributed by atoms with Crippen molar-refractivity contribution < 1.29 is 13.2 Å². The van der Waals surface area contributed by atoms with Crippen molar-refractivity contribution in [3.05, 3.63) is 33.8 Å². The van der Waals surface area contributed by atoms with Gasteiger partial charge in [0.1, 0.15) is 0 Å². The van der Waals surface area contributed by atoms with Gasteiger partial charge in [-0.3, -0.25) is 4.79 Å². The fraction of sp³-hybridized carbons (Fsp3) is 0.611. The molecule has 1 saturated heterocycles. The maximum atomic E-state index is 12.8. The number of sulfonamides is 1. The third-order valence-electron chi connectivity index (χ3n) is 4.87. The number of rotatable bonds is 6. The molecular formula is C18H26Cl2N2O3S. The Kier molecular flexibility index (Phi) is 7.36. The molecule has 26 heavy (non-hydrogen) atoms. The lowest BCUT2D eigenvalue weighted by atomic mass is 9.97. The first kappa shape index (κ1) is 21.5. The second-order valence-corrected chi connectivity index (χ2v) is 10.0. The summed E-state index contributed by atoms with van der Waals surface area (Å²) < 4.78 is 27.0. The van der Waals surface area contributed by atoms with E-state index in [-0.39, 0.29) is 30.2 Å². The topological polar surface area (TPSA) is 66.5 Å². The van der Waals surface area contributed by atoms with Crippen molar-refractivity contribution in [2.75, 3.05) is 13.1 Å². The molecule has 2 rings (SSSR count). The summed E-state index contributed by atoms with van der Waals surface area (Å²) in [5, 5.41) is 3.78. The zero-order valence-electron chi connectivity index (χ0n) is 15.3. The number of hydrogen-bond acceptors (Lipinski definition) is 3. The second-order valence-electron chi connectivity index (χ2n) is 7.23. The highest BCUT2D eigenvalue weighted by atomic mass is 35.5. The molecule has 0 radical (unpaired) electrons. The molecule has 8 heteroatoms. The SMILES string of the molecule is CC(C)[C@H](C)NC(=O)[C@H]1CCCN(S(=O)(=O)Cc2ccc(Cl)cc2Cl)C1. The van der Waals surface area contributed by atoms with Crippen LogP contribution < -0.4 is 5.32 Å². The molecule has 0 bridgehead atoms. The van der Waals surface area contributed by atoms with Gasteiger partial charge in [-0.2, -0.15) is 0 Å². The van der Waals surface area contributed by atoms with Gasteiger partial charge in [0.25, 0.3) is 0 Å². The van der Waals surface area contributed by atoms with Gasteiger partial charge in [0, 0.05) is 29.2 Å². The van der Waals surface area contributed by atoms with E-state index in [4.69, 9.17) is 23.2 Å². The fourth-order valence-electron chi connectivity index (χ4n) is 2.84. The number of carbonyl (C=O) groups excluding carboxylic acids is 1. The average molecular weight is 421 g/mol. The quantitative estimate of drug-likeness (QED) is 0.762. The standard InChI is InChI=1S/C18H26Cl2N2O3S/c1-12(2)13(3)21-18(23)14-5-4-8-22(10-14)26(24,25)11-15-6-7-16(19)9-17(15)20/h6-7,9,12-14H,4-5,8,10-11H2,1-3H3,(H,21,23)/t13-,14-/m0/s1. The fourth-order valence-corrected chi connectivity index (χ4v) is 5.04. The molecule has 1 heterocycles. The Morgan fingerprint density at radius 1 is 1.31 bits per heavy atom. The van der Waals surface area contributed by atoms with Gasteiger partial charge in [-0.15, -0.1) is 0 Å². The van der Waals surface area contributed by atoms with Gasteiger partial charge in [-0.25, -0.2) is 12.7 Å². The first-order valence-electron chi connectivity index (χ1n) is 8.82. The molecule has 0 saturated carbocycles. The maximum Gasteiger partial charge on any atom is 0.224 e. The summed E-state index contributed by atoms with van der Waals surface area (Å²) in [5.41, 5.74) is 0.510. The summed E-state index contributed by atoms with van der Waals surface area (Å²) in [4.78, 5) is 12.5. The minimum absolute atomic E-state index is 0.0577. The summed E-state index contributed by atoms with van der Waals surface area (Å²) in [6.45, 7) is 6.68. The van der Waals surface area contributed by atoms with Gasteiger partial charge in [0.05, 0.1) is 11.7 Å². The molecule has 0 spiro atoms. The molecule has 1 fully saturated rings. The molecule has 1 aliphatic heterocycles. The Morgan fingerprint density at radius 2 is 2.00 bits per heavy atom. The number of nitrogens with one attached hydrogen (secondary N) is 1. The molecule has 2 atom stereocenters. The van der Waals surface area contributed by atoms with Crippen molar-refractivity contribution in [3.63, 3.8) is 0 Å². The van der Waals surface area contributed by atoms with Crippen LogP contribution >= 0.6 is 23.2 Å². The summed E-state index contributed by atoms with van der Waals surface area (Å²) in [7, 11) is -3.56. The Labute approximate surface area is 166 Å². The molecule has 0 unspecified atom stereocenters. The van der Waals surface area contributed by atoms with E-state index in [1.807, 2.05) is 20.8 Å². The van der Waals surface area contributed by atoms with Crippen LogP contribution in [-0.2, 0) is 20.6 Å². The van der Waals surface area contributed by atoms with Crippen molar-refractivity contribution in [2.24, 2.45) is 11.8 Å². The number of benzene rings is 1. The highest BCUT2D eigenvalue weighted by Crippen LogP contribution is 2.26. The third-order valence-corrected chi connectivity index (χ3v) is 7.25. The first-order valence-corrected chi connectivity index (χ1v) is 11.2. The van der Waals surface area contributed by atoms with Crippen LogP contribution in [0.2, 0.25) is 10.0 Å². The minimum atomic E-state index is -3.56. The summed E-state index contributed by atoms with van der Waals surface area (Å²) >= 11 is 12.0. The van der Waals surface area contributed by atoms with E-state index < -0.39 is 10.0 Å². The van der Waals surface area contributed by atoms with Crippen LogP contribution in [0, 0.1) is 11.8 Å². The molecule has 0 aromatic heterocycles. The highest BCUT2D eigenvalue weighted by Gasteiger charge is 2.33. The highest BCUT2D eigenvalue weighted by molar-refractivity contribution is 7.88. The van der Waals surface area contributed by atoms with E-state index in [1.54, 1.807) is 12.1 Å². The molecule has 1 aromatic rings. The summed E-state index contributed by atoms with van der Waals surface area (Å²) in [5.74, 6) is -0.259. The smallest absolute Gasteiger partial charge is 0.224 e.